The molecule has 27 heavy (non-hydrogen) atoms. The molecule has 0 saturated carbocycles. The summed E-state index contributed by atoms with van der Waals surface area (Å²) in [6.07, 6.45) is 5.94. The van der Waals surface area contributed by atoms with Crippen LogP contribution in [0.25, 0.3) is 0 Å². The predicted octanol–water partition coefficient (Wildman–Crippen LogP) is 3.10. The van der Waals surface area contributed by atoms with Gasteiger partial charge in [0.15, 0.2) is 0 Å². The topological polar surface area (TPSA) is 48.5 Å². The van der Waals surface area contributed by atoms with E-state index in [0.29, 0.717) is 11.8 Å². The number of aromatic nitrogens is 1. The number of urea groups is 1. The highest BCUT2D eigenvalue weighted by molar-refractivity contribution is 5.75. The molecule has 1 N–H and O–H groups in total. The minimum Gasteiger partial charge on any atom is -0.338 e. The molecule has 2 aliphatic heterocycles. The number of rotatable bonds is 6. The molecular weight excluding hydrogens is 336 g/mol. The van der Waals surface area contributed by atoms with Crippen LogP contribution in [0.3, 0.4) is 0 Å². The van der Waals surface area contributed by atoms with Crippen molar-refractivity contribution in [2.24, 2.45) is 5.92 Å². The second kappa shape index (κ2) is 8.53. The minimum absolute atomic E-state index is 0.0828. The Balaban J connectivity index is 1.12. The van der Waals surface area contributed by atoms with Crippen molar-refractivity contribution in [3.05, 3.63) is 66.0 Å². The van der Waals surface area contributed by atoms with Crippen LogP contribution >= 0.6 is 0 Å². The molecule has 3 heterocycles. The van der Waals surface area contributed by atoms with Crippen molar-refractivity contribution in [1.29, 1.82) is 0 Å². The van der Waals surface area contributed by atoms with E-state index in [9.17, 15) is 4.79 Å². The van der Waals surface area contributed by atoms with Crippen LogP contribution < -0.4 is 5.32 Å². The van der Waals surface area contributed by atoms with E-state index >= 15 is 0 Å². The van der Waals surface area contributed by atoms with E-state index < -0.39 is 0 Å². The molecule has 0 bridgehead atoms. The van der Waals surface area contributed by atoms with Gasteiger partial charge in [-0.2, -0.15) is 0 Å². The summed E-state index contributed by atoms with van der Waals surface area (Å²) in [5.74, 6) is 1.15. The number of hydrogen-bond acceptors (Lipinski definition) is 3. The number of nitrogens with zero attached hydrogens (tertiary/aromatic N) is 3. The van der Waals surface area contributed by atoms with Crippen LogP contribution in [-0.4, -0.2) is 53.5 Å². The zero-order valence-corrected chi connectivity index (χ0v) is 15.8. The first-order valence-electron chi connectivity index (χ1n) is 9.97. The van der Waals surface area contributed by atoms with E-state index in [4.69, 9.17) is 0 Å². The second-order valence-corrected chi connectivity index (χ2v) is 7.78. The standard InChI is InChI=1S/C22H28N4O/c27-22(26-16-21(17-26)20-7-10-23-11-8-20)24-12-6-19-9-13-25(15-19)14-18-4-2-1-3-5-18/h1-5,7-8,10-11,19,21H,6,9,12-17H2,(H,24,27)/t19-/m0/s1. The van der Waals surface area contributed by atoms with Crippen LogP contribution in [0.4, 0.5) is 4.79 Å². The lowest BCUT2D eigenvalue weighted by atomic mass is 9.93. The molecule has 2 aromatic rings. The second-order valence-electron chi connectivity index (χ2n) is 7.78. The molecule has 4 rings (SSSR count). The molecule has 142 valence electrons. The van der Waals surface area contributed by atoms with Gasteiger partial charge in [0.05, 0.1) is 0 Å². The number of carbonyl (C=O) groups is 1. The first-order chi connectivity index (χ1) is 13.3. The summed E-state index contributed by atoms with van der Waals surface area (Å²) in [7, 11) is 0. The number of amides is 2. The van der Waals surface area contributed by atoms with Crippen molar-refractivity contribution in [2.45, 2.75) is 25.3 Å². The van der Waals surface area contributed by atoms with Crippen molar-refractivity contribution >= 4 is 6.03 Å². The number of pyridine rings is 1. The van der Waals surface area contributed by atoms with Gasteiger partial charge in [-0.05, 0) is 48.6 Å². The van der Waals surface area contributed by atoms with Crippen molar-refractivity contribution < 1.29 is 4.79 Å². The molecule has 0 unspecified atom stereocenters. The average Bonchev–Trinajstić information content (AvgIpc) is 3.09. The van der Waals surface area contributed by atoms with E-state index in [-0.39, 0.29) is 6.03 Å². The van der Waals surface area contributed by atoms with Gasteiger partial charge < -0.3 is 10.2 Å². The summed E-state index contributed by atoms with van der Waals surface area (Å²) in [5, 5.41) is 3.10. The van der Waals surface area contributed by atoms with Crippen LogP contribution in [0.5, 0.6) is 0 Å². The molecule has 5 heteroatoms. The third kappa shape index (κ3) is 4.66. The third-order valence-electron chi connectivity index (χ3n) is 5.79. The molecule has 0 radical (unpaired) electrons. The van der Waals surface area contributed by atoms with Gasteiger partial charge in [-0.25, -0.2) is 4.79 Å². The summed E-state index contributed by atoms with van der Waals surface area (Å²) in [4.78, 5) is 20.8. The van der Waals surface area contributed by atoms with Crippen LogP contribution in [0.1, 0.15) is 29.9 Å². The van der Waals surface area contributed by atoms with Crippen molar-refractivity contribution in [2.75, 3.05) is 32.7 Å². The SMILES string of the molecule is O=C(NCC[C@H]1CCN(Cc2ccccc2)C1)N1CC(c2ccncc2)C1. The fraction of sp³-hybridized carbons (Fsp3) is 0.455. The summed E-state index contributed by atoms with van der Waals surface area (Å²) < 4.78 is 0. The Bertz CT molecular complexity index is 730. The molecule has 2 fully saturated rings. The molecule has 2 aliphatic rings. The Labute approximate surface area is 161 Å². The molecule has 0 aliphatic carbocycles. The van der Waals surface area contributed by atoms with E-state index in [1.54, 1.807) is 0 Å². The quantitative estimate of drug-likeness (QED) is 0.857. The third-order valence-corrected chi connectivity index (χ3v) is 5.79. The molecule has 1 aromatic carbocycles. The van der Waals surface area contributed by atoms with E-state index in [1.165, 1.54) is 17.5 Å². The minimum atomic E-state index is 0.0828. The lowest BCUT2D eigenvalue weighted by Crippen LogP contribution is -2.52. The average molecular weight is 364 g/mol. The Kier molecular flexibility index (Phi) is 5.68. The van der Waals surface area contributed by atoms with E-state index in [1.807, 2.05) is 29.4 Å². The van der Waals surface area contributed by atoms with Crippen molar-refractivity contribution in [1.82, 2.24) is 20.1 Å². The fourth-order valence-corrected chi connectivity index (χ4v) is 4.12. The first-order valence-corrected chi connectivity index (χ1v) is 9.97. The molecule has 1 atom stereocenters. The van der Waals surface area contributed by atoms with E-state index in [0.717, 1.165) is 45.7 Å². The largest absolute Gasteiger partial charge is 0.338 e. The van der Waals surface area contributed by atoms with Gasteiger partial charge in [0.25, 0.3) is 0 Å². The van der Waals surface area contributed by atoms with Gasteiger partial charge in [0, 0.05) is 51.0 Å². The molecule has 0 spiro atoms. The fourth-order valence-electron chi connectivity index (χ4n) is 4.12. The van der Waals surface area contributed by atoms with Crippen molar-refractivity contribution in [3.8, 4) is 0 Å². The van der Waals surface area contributed by atoms with Crippen molar-refractivity contribution in [3.63, 3.8) is 0 Å². The lowest BCUT2D eigenvalue weighted by molar-refractivity contribution is 0.151. The maximum Gasteiger partial charge on any atom is 0.317 e. The summed E-state index contributed by atoms with van der Waals surface area (Å²) in [6.45, 7) is 5.73. The molecule has 1 aromatic heterocycles. The highest BCUT2D eigenvalue weighted by atomic mass is 16.2. The first kappa shape index (κ1) is 18.0. The summed E-state index contributed by atoms with van der Waals surface area (Å²) >= 11 is 0. The smallest absolute Gasteiger partial charge is 0.317 e. The summed E-state index contributed by atoms with van der Waals surface area (Å²) in [5.41, 5.74) is 2.66. The predicted molar refractivity (Wildman–Crippen MR) is 106 cm³/mol. The van der Waals surface area contributed by atoms with Crippen LogP contribution in [0.2, 0.25) is 0 Å². The maximum atomic E-state index is 12.3. The molecule has 2 saturated heterocycles. The highest BCUT2D eigenvalue weighted by Crippen LogP contribution is 2.26. The highest BCUT2D eigenvalue weighted by Gasteiger charge is 2.31. The normalized spacial score (nSPS) is 20.4. The number of likely N-dealkylation sites (tertiary alicyclic amines) is 2. The van der Waals surface area contributed by atoms with Crippen LogP contribution in [0, 0.1) is 5.92 Å². The monoisotopic (exact) mass is 364 g/mol. The molecule has 5 nitrogen and oxygen atoms in total. The summed E-state index contributed by atoms with van der Waals surface area (Å²) in [6, 6.07) is 14.8. The van der Waals surface area contributed by atoms with Gasteiger partial charge in [0.2, 0.25) is 0 Å². The maximum absolute atomic E-state index is 12.3. The van der Waals surface area contributed by atoms with Gasteiger partial charge in [-0.15, -0.1) is 0 Å². The van der Waals surface area contributed by atoms with Gasteiger partial charge in [-0.3, -0.25) is 9.88 Å². The Morgan fingerprint density at radius 1 is 1.07 bits per heavy atom. The number of carbonyl (C=O) groups excluding carboxylic acids is 1. The number of benzene rings is 1. The number of hydrogen-bond donors (Lipinski definition) is 1. The van der Waals surface area contributed by atoms with Crippen LogP contribution in [-0.2, 0) is 6.54 Å². The zero-order chi connectivity index (χ0) is 18.5. The van der Waals surface area contributed by atoms with Gasteiger partial charge in [0.1, 0.15) is 0 Å². The lowest BCUT2D eigenvalue weighted by Gasteiger charge is -2.39. The zero-order valence-electron chi connectivity index (χ0n) is 15.8. The van der Waals surface area contributed by atoms with Gasteiger partial charge >= 0.3 is 6.03 Å². The molecule has 2 amide bonds. The Morgan fingerprint density at radius 3 is 2.63 bits per heavy atom. The van der Waals surface area contributed by atoms with E-state index in [2.05, 4.69) is 45.5 Å². The molecular formula is C22H28N4O. The Morgan fingerprint density at radius 2 is 1.85 bits per heavy atom. The number of nitrogens with one attached hydrogen (secondary N) is 1. The Hall–Kier alpha value is -2.40. The van der Waals surface area contributed by atoms with Crippen LogP contribution in [0.15, 0.2) is 54.9 Å². The van der Waals surface area contributed by atoms with Gasteiger partial charge in [-0.1, -0.05) is 30.3 Å².